The van der Waals surface area contributed by atoms with Gasteiger partial charge >= 0.3 is 0 Å². The molecule has 1 N–H and O–H groups in total. The zero-order chi connectivity index (χ0) is 18.2. The van der Waals surface area contributed by atoms with Crippen molar-refractivity contribution in [2.75, 3.05) is 20.8 Å². The summed E-state index contributed by atoms with van der Waals surface area (Å²) in [5.41, 5.74) is 1.40. The summed E-state index contributed by atoms with van der Waals surface area (Å²) in [4.78, 5) is 12.6. The van der Waals surface area contributed by atoms with E-state index in [9.17, 15) is 4.79 Å². The molecule has 2 aromatic carbocycles. The average Bonchev–Trinajstić information content (AvgIpc) is 2.65. The van der Waals surface area contributed by atoms with E-state index in [2.05, 4.69) is 11.9 Å². The Morgan fingerprint density at radius 3 is 2.52 bits per heavy atom. The first-order valence-electron chi connectivity index (χ1n) is 7.96. The van der Waals surface area contributed by atoms with Crippen molar-refractivity contribution in [3.8, 4) is 17.2 Å². The quantitative estimate of drug-likeness (QED) is 0.743. The van der Waals surface area contributed by atoms with Crippen LogP contribution in [0.5, 0.6) is 17.2 Å². The average molecular weight is 341 g/mol. The van der Waals surface area contributed by atoms with Gasteiger partial charge in [0.2, 0.25) is 0 Å². The molecule has 0 aliphatic heterocycles. The van der Waals surface area contributed by atoms with Crippen molar-refractivity contribution < 1.29 is 19.0 Å². The van der Waals surface area contributed by atoms with Crippen LogP contribution < -0.4 is 19.5 Å². The Labute approximate surface area is 148 Å². The molecule has 0 aliphatic rings. The van der Waals surface area contributed by atoms with Crippen molar-refractivity contribution >= 4 is 5.91 Å². The van der Waals surface area contributed by atoms with Gasteiger partial charge in [0.15, 0.2) is 11.5 Å². The number of benzene rings is 2. The van der Waals surface area contributed by atoms with E-state index in [1.807, 2.05) is 31.2 Å². The fourth-order valence-corrected chi connectivity index (χ4v) is 2.46. The molecule has 0 fully saturated rings. The van der Waals surface area contributed by atoms with Gasteiger partial charge in [0.25, 0.3) is 5.91 Å². The molecule has 0 bridgehead atoms. The number of rotatable bonds is 8. The second-order valence-electron chi connectivity index (χ2n) is 5.40. The van der Waals surface area contributed by atoms with Gasteiger partial charge in [-0.05, 0) is 31.2 Å². The maximum absolute atomic E-state index is 12.6. The van der Waals surface area contributed by atoms with Crippen molar-refractivity contribution in [3.63, 3.8) is 0 Å². The van der Waals surface area contributed by atoms with E-state index in [4.69, 9.17) is 14.2 Å². The lowest BCUT2D eigenvalue weighted by molar-refractivity contribution is 0.0939. The number of hydrogen-bond donors (Lipinski definition) is 1. The van der Waals surface area contributed by atoms with Crippen molar-refractivity contribution in [3.05, 3.63) is 66.2 Å². The largest absolute Gasteiger partial charge is 0.496 e. The van der Waals surface area contributed by atoms with Gasteiger partial charge in [-0.15, -0.1) is 0 Å². The van der Waals surface area contributed by atoms with E-state index in [1.54, 1.807) is 31.4 Å². The normalized spacial score (nSPS) is 11.3. The molecule has 0 aromatic heterocycles. The zero-order valence-corrected chi connectivity index (χ0v) is 14.7. The third-order valence-corrected chi connectivity index (χ3v) is 3.74. The van der Waals surface area contributed by atoms with Crippen LogP contribution in [-0.4, -0.2) is 26.7 Å². The first kappa shape index (κ1) is 18.4. The monoisotopic (exact) mass is 341 g/mol. The van der Waals surface area contributed by atoms with Gasteiger partial charge in [-0.25, -0.2) is 0 Å². The standard InChI is InChI=1S/C20H23NO4/c1-5-12-25-18-11-10-15(13-19(18)24-4)20(22)21-14(2)16-8-6-7-9-17(16)23-3/h5-11,13-14H,1,12H2,2-4H3,(H,21,22). The lowest BCUT2D eigenvalue weighted by atomic mass is 10.1. The van der Waals surface area contributed by atoms with Crippen LogP contribution in [0.15, 0.2) is 55.1 Å². The van der Waals surface area contributed by atoms with Gasteiger partial charge in [-0.2, -0.15) is 0 Å². The molecule has 5 heteroatoms. The fourth-order valence-electron chi connectivity index (χ4n) is 2.46. The fraction of sp³-hybridized carbons (Fsp3) is 0.250. The molecule has 0 radical (unpaired) electrons. The molecule has 2 aromatic rings. The molecule has 1 amide bonds. The molecule has 5 nitrogen and oxygen atoms in total. The molecule has 0 heterocycles. The number of carbonyl (C=O) groups excluding carboxylic acids is 1. The predicted molar refractivity (Wildman–Crippen MR) is 97.6 cm³/mol. The molecule has 1 atom stereocenters. The van der Waals surface area contributed by atoms with Crippen molar-refractivity contribution in [1.82, 2.24) is 5.32 Å². The molecule has 25 heavy (non-hydrogen) atoms. The third-order valence-electron chi connectivity index (χ3n) is 3.74. The number of hydrogen-bond acceptors (Lipinski definition) is 4. The predicted octanol–water partition coefficient (Wildman–Crippen LogP) is 3.76. The topological polar surface area (TPSA) is 56.8 Å². The summed E-state index contributed by atoms with van der Waals surface area (Å²) >= 11 is 0. The van der Waals surface area contributed by atoms with Gasteiger partial charge in [-0.1, -0.05) is 30.9 Å². The van der Waals surface area contributed by atoms with Crippen LogP contribution in [0.25, 0.3) is 0 Å². The van der Waals surface area contributed by atoms with Crippen LogP contribution in [0, 0.1) is 0 Å². The molecule has 0 saturated carbocycles. The Morgan fingerprint density at radius 2 is 1.84 bits per heavy atom. The lowest BCUT2D eigenvalue weighted by Crippen LogP contribution is -2.27. The van der Waals surface area contributed by atoms with Crippen molar-refractivity contribution in [1.29, 1.82) is 0 Å². The summed E-state index contributed by atoms with van der Waals surface area (Å²) in [6.45, 7) is 5.89. The smallest absolute Gasteiger partial charge is 0.251 e. The van der Waals surface area contributed by atoms with Gasteiger partial charge in [0, 0.05) is 11.1 Å². The maximum atomic E-state index is 12.6. The van der Waals surface area contributed by atoms with E-state index in [0.29, 0.717) is 23.7 Å². The Hall–Kier alpha value is -2.95. The number of para-hydroxylation sites is 1. The third kappa shape index (κ3) is 4.53. The molecule has 2 rings (SSSR count). The minimum atomic E-state index is -0.202. The molecular weight excluding hydrogens is 318 g/mol. The van der Waals surface area contributed by atoms with Gasteiger partial charge in [0.05, 0.1) is 20.3 Å². The van der Waals surface area contributed by atoms with E-state index < -0.39 is 0 Å². The minimum absolute atomic E-state index is 0.202. The van der Waals surface area contributed by atoms with Crippen LogP contribution in [0.2, 0.25) is 0 Å². The Bertz CT molecular complexity index is 742. The zero-order valence-electron chi connectivity index (χ0n) is 14.7. The van der Waals surface area contributed by atoms with Crippen LogP contribution >= 0.6 is 0 Å². The molecule has 0 spiro atoms. The summed E-state index contributed by atoms with van der Waals surface area (Å²) < 4.78 is 16.1. The second-order valence-corrected chi connectivity index (χ2v) is 5.40. The van der Waals surface area contributed by atoms with E-state index in [-0.39, 0.29) is 11.9 Å². The first-order chi connectivity index (χ1) is 12.1. The first-order valence-corrected chi connectivity index (χ1v) is 7.96. The van der Waals surface area contributed by atoms with Crippen LogP contribution in [0.4, 0.5) is 0 Å². The minimum Gasteiger partial charge on any atom is -0.496 e. The Kier molecular flexibility index (Phi) is 6.46. The summed E-state index contributed by atoms with van der Waals surface area (Å²) in [6, 6.07) is 12.5. The molecule has 0 saturated heterocycles. The molecule has 0 aliphatic carbocycles. The summed E-state index contributed by atoms with van der Waals surface area (Å²) in [6.07, 6.45) is 1.65. The lowest BCUT2D eigenvalue weighted by Gasteiger charge is -2.18. The van der Waals surface area contributed by atoms with Crippen molar-refractivity contribution in [2.24, 2.45) is 0 Å². The number of carbonyl (C=O) groups is 1. The van der Waals surface area contributed by atoms with Gasteiger partial charge in [0.1, 0.15) is 12.4 Å². The van der Waals surface area contributed by atoms with E-state index in [1.165, 1.54) is 7.11 Å². The second kappa shape index (κ2) is 8.78. The van der Waals surface area contributed by atoms with Crippen LogP contribution in [0.3, 0.4) is 0 Å². The molecule has 1 unspecified atom stereocenters. The van der Waals surface area contributed by atoms with Gasteiger partial charge < -0.3 is 19.5 Å². The SMILES string of the molecule is C=CCOc1ccc(C(=O)NC(C)c2ccccc2OC)cc1OC. The van der Waals surface area contributed by atoms with E-state index >= 15 is 0 Å². The van der Waals surface area contributed by atoms with E-state index in [0.717, 1.165) is 11.3 Å². The van der Waals surface area contributed by atoms with Crippen LogP contribution in [-0.2, 0) is 0 Å². The van der Waals surface area contributed by atoms with Gasteiger partial charge in [-0.3, -0.25) is 4.79 Å². The Balaban J connectivity index is 2.16. The summed E-state index contributed by atoms with van der Waals surface area (Å²) in [5, 5.41) is 2.97. The van der Waals surface area contributed by atoms with Crippen molar-refractivity contribution in [2.45, 2.75) is 13.0 Å². The number of methoxy groups -OCH3 is 2. The number of nitrogens with one attached hydrogen (secondary N) is 1. The number of ether oxygens (including phenoxy) is 3. The van der Waals surface area contributed by atoms with Crippen LogP contribution in [0.1, 0.15) is 28.9 Å². The highest BCUT2D eigenvalue weighted by molar-refractivity contribution is 5.95. The highest BCUT2D eigenvalue weighted by Crippen LogP contribution is 2.29. The highest BCUT2D eigenvalue weighted by Gasteiger charge is 2.16. The molecule has 132 valence electrons. The maximum Gasteiger partial charge on any atom is 0.251 e. The summed E-state index contributed by atoms with van der Waals surface area (Å²) in [7, 11) is 3.15. The molecular formula is C20H23NO4. The highest BCUT2D eigenvalue weighted by atomic mass is 16.5. The Morgan fingerprint density at radius 1 is 1.12 bits per heavy atom. The summed E-state index contributed by atoms with van der Waals surface area (Å²) in [5.74, 6) is 1.60. The number of amides is 1.